The van der Waals surface area contributed by atoms with E-state index >= 15 is 0 Å². The van der Waals surface area contributed by atoms with Crippen LogP contribution in [0, 0.1) is 0 Å². The summed E-state index contributed by atoms with van der Waals surface area (Å²) in [6.45, 7) is 4.50. The second kappa shape index (κ2) is 5.39. The van der Waals surface area contributed by atoms with Crippen LogP contribution in [0.2, 0.25) is 0 Å². The fourth-order valence-electron chi connectivity index (χ4n) is 1.43. The topological polar surface area (TPSA) is 58.4 Å². The van der Waals surface area contributed by atoms with Crippen molar-refractivity contribution in [1.82, 2.24) is 4.90 Å². The van der Waals surface area contributed by atoms with E-state index in [-0.39, 0.29) is 11.9 Å². The normalized spacial score (nSPS) is 11.9. The Morgan fingerprint density at radius 1 is 1.56 bits per heavy atom. The molecule has 0 fully saturated rings. The highest BCUT2D eigenvalue weighted by Gasteiger charge is 2.15. The van der Waals surface area contributed by atoms with Crippen LogP contribution in [-0.4, -0.2) is 30.4 Å². The molecule has 0 saturated heterocycles. The standard InChI is InChI=1S/C12H19N3O/c1-4-15(3)12(16)9(2)14-11-7-5-6-10(13)8-11/h5-9,14H,4,13H2,1-3H3. The molecule has 0 aliphatic rings. The van der Waals surface area contributed by atoms with Crippen LogP contribution in [-0.2, 0) is 4.79 Å². The van der Waals surface area contributed by atoms with Crippen LogP contribution < -0.4 is 11.1 Å². The number of likely N-dealkylation sites (N-methyl/N-ethyl adjacent to an activating group) is 1. The zero-order valence-corrected chi connectivity index (χ0v) is 10.0. The van der Waals surface area contributed by atoms with Crippen molar-refractivity contribution in [2.24, 2.45) is 0 Å². The quantitative estimate of drug-likeness (QED) is 0.758. The Balaban J connectivity index is 2.64. The molecule has 4 nitrogen and oxygen atoms in total. The van der Waals surface area contributed by atoms with Gasteiger partial charge in [-0.05, 0) is 32.0 Å². The maximum absolute atomic E-state index is 11.8. The first-order valence-corrected chi connectivity index (χ1v) is 5.41. The van der Waals surface area contributed by atoms with Gasteiger partial charge in [0.05, 0.1) is 0 Å². The summed E-state index contributed by atoms with van der Waals surface area (Å²) in [5, 5.41) is 3.13. The lowest BCUT2D eigenvalue weighted by atomic mass is 10.2. The molecule has 1 amide bonds. The van der Waals surface area contributed by atoms with Crippen LogP contribution in [0.4, 0.5) is 11.4 Å². The number of nitrogens with one attached hydrogen (secondary N) is 1. The summed E-state index contributed by atoms with van der Waals surface area (Å²) in [5.41, 5.74) is 7.22. The second-order valence-corrected chi connectivity index (χ2v) is 3.84. The molecule has 16 heavy (non-hydrogen) atoms. The number of carbonyl (C=O) groups is 1. The molecule has 4 heteroatoms. The number of hydrogen-bond acceptors (Lipinski definition) is 3. The molecular formula is C12H19N3O. The number of hydrogen-bond donors (Lipinski definition) is 2. The van der Waals surface area contributed by atoms with Gasteiger partial charge >= 0.3 is 0 Å². The molecule has 0 aliphatic carbocycles. The predicted octanol–water partition coefficient (Wildman–Crippen LogP) is 1.55. The lowest BCUT2D eigenvalue weighted by molar-refractivity contribution is -0.130. The van der Waals surface area contributed by atoms with Crippen LogP contribution in [0.1, 0.15) is 13.8 Å². The average molecular weight is 221 g/mol. The average Bonchev–Trinajstić information content (AvgIpc) is 2.27. The molecule has 0 saturated carbocycles. The summed E-state index contributed by atoms with van der Waals surface area (Å²) in [4.78, 5) is 13.5. The number of anilines is 2. The van der Waals surface area contributed by atoms with Gasteiger partial charge < -0.3 is 16.0 Å². The number of rotatable bonds is 4. The molecular weight excluding hydrogens is 202 g/mol. The van der Waals surface area contributed by atoms with E-state index in [0.29, 0.717) is 12.2 Å². The molecule has 88 valence electrons. The van der Waals surface area contributed by atoms with Crippen LogP contribution in [0.15, 0.2) is 24.3 Å². The number of nitrogens with two attached hydrogens (primary N) is 1. The summed E-state index contributed by atoms with van der Waals surface area (Å²) in [5.74, 6) is 0.0740. The van der Waals surface area contributed by atoms with Gasteiger partial charge in [-0.1, -0.05) is 6.07 Å². The SMILES string of the molecule is CCN(C)C(=O)C(C)Nc1cccc(N)c1. The van der Waals surface area contributed by atoms with Crippen LogP contribution in [0.25, 0.3) is 0 Å². The minimum absolute atomic E-state index is 0.0740. The van der Waals surface area contributed by atoms with E-state index in [9.17, 15) is 4.79 Å². The van der Waals surface area contributed by atoms with Crippen molar-refractivity contribution in [3.63, 3.8) is 0 Å². The van der Waals surface area contributed by atoms with Gasteiger partial charge in [-0.3, -0.25) is 4.79 Å². The highest BCUT2D eigenvalue weighted by molar-refractivity contribution is 5.84. The monoisotopic (exact) mass is 221 g/mol. The van der Waals surface area contributed by atoms with Crippen molar-refractivity contribution >= 4 is 17.3 Å². The first-order valence-electron chi connectivity index (χ1n) is 5.41. The Kier molecular flexibility index (Phi) is 4.17. The molecule has 0 spiro atoms. The maximum Gasteiger partial charge on any atom is 0.244 e. The van der Waals surface area contributed by atoms with Crippen LogP contribution in [0.3, 0.4) is 0 Å². The molecule has 1 rings (SSSR count). The smallest absolute Gasteiger partial charge is 0.244 e. The highest BCUT2D eigenvalue weighted by atomic mass is 16.2. The van der Waals surface area contributed by atoms with Crippen molar-refractivity contribution < 1.29 is 4.79 Å². The zero-order chi connectivity index (χ0) is 12.1. The summed E-state index contributed by atoms with van der Waals surface area (Å²) < 4.78 is 0. The molecule has 0 heterocycles. The van der Waals surface area contributed by atoms with E-state index in [4.69, 9.17) is 5.73 Å². The number of benzene rings is 1. The first-order chi connectivity index (χ1) is 7.54. The Morgan fingerprint density at radius 3 is 2.81 bits per heavy atom. The zero-order valence-electron chi connectivity index (χ0n) is 10.0. The van der Waals surface area contributed by atoms with E-state index in [0.717, 1.165) is 5.69 Å². The molecule has 1 unspecified atom stereocenters. The molecule has 3 N–H and O–H groups in total. The van der Waals surface area contributed by atoms with E-state index in [2.05, 4.69) is 5.32 Å². The fraction of sp³-hybridized carbons (Fsp3) is 0.417. The Hall–Kier alpha value is -1.71. The van der Waals surface area contributed by atoms with Crippen molar-refractivity contribution in [2.45, 2.75) is 19.9 Å². The summed E-state index contributed by atoms with van der Waals surface area (Å²) >= 11 is 0. The van der Waals surface area contributed by atoms with Crippen LogP contribution >= 0.6 is 0 Å². The van der Waals surface area contributed by atoms with Gasteiger partial charge in [0.1, 0.15) is 6.04 Å². The van der Waals surface area contributed by atoms with Gasteiger partial charge in [0.15, 0.2) is 0 Å². The van der Waals surface area contributed by atoms with Crippen LogP contribution in [0.5, 0.6) is 0 Å². The van der Waals surface area contributed by atoms with Gasteiger partial charge in [0.2, 0.25) is 5.91 Å². The fourth-order valence-corrected chi connectivity index (χ4v) is 1.43. The van der Waals surface area contributed by atoms with Crippen molar-refractivity contribution in [2.75, 3.05) is 24.6 Å². The summed E-state index contributed by atoms with van der Waals surface area (Å²) in [6.07, 6.45) is 0. The van der Waals surface area contributed by atoms with E-state index < -0.39 is 0 Å². The summed E-state index contributed by atoms with van der Waals surface area (Å²) in [6, 6.07) is 7.14. The largest absolute Gasteiger partial charge is 0.399 e. The second-order valence-electron chi connectivity index (χ2n) is 3.84. The number of amides is 1. The predicted molar refractivity (Wildman–Crippen MR) is 67.3 cm³/mol. The number of carbonyl (C=O) groups excluding carboxylic acids is 1. The molecule has 0 bridgehead atoms. The Labute approximate surface area is 96.4 Å². The lowest BCUT2D eigenvalue weighted by Gasteiger charge is -2.21. The van der Waals surface area contributed by atoms with Crippen molar-refractivity contribution in [1.29, 1.82) is 0 Å². The molecule has 1 atom stereocenters. The molecule has 0 radical (unpaired) electrons. The number of nitrogen functional groups attached to an aromatic ring is 1. The highest BCUT2D eigenvalue weighted by Crippen LogP contribution is 2.13. The van der Waals surface area contributed by atoms with Gasteiger partial charge in [0.25, 0.3) is 0 Å². The van der Waals surface area contributed by atoms with E-state index in [1.165, 1.54) is 0 Å². The van der Waals surface area contributed by atoms with Crippen molar-refractivity contribution in [3.05, 3.63) is 24.3 Å². The van der Waals surface area contributed by atoms with E-state index in [1.807, 2.05) is 38.1 Å². The van der Waals surface area contributed by atoms with Gasteiger partial charge in [0, 0.05) is 25.0 Å². The first kappa shape index (κ1) is 12.4. The Bertz CT molecular complexity index is 365. The molecule has 0 aromatic heterocycles. The third kappa shape index (κ3) is 3.15. The minimum Gasteiger partial charge on any atom is -0.399 e. The third-order valence-electron chi connectivity index (χ3n) is 2.49. The van der Waals surface area contributed by atoms with Gasteiger partial charge in [-0.25, -0.2) is 0 Å². The molecule has 1 aromatic rings. The van der Waals surface area contributed by atoms with Gasteiger partial charge in [-0.2, -0.15) is 0 Å². The minimum atomic E-state index is -0.244. The van der Waals surface area contributed by atoms with Gasteiger partial charge in [-0.15, -0.1) is 0 Å². The Morgan fingerprint density at radius 2 is 2.25 bits per heavy atom. The molecule has 1 aromatic carbocycles. The lowest BCUT2D eigenvalue weighted by Crippen LogP contribution is -2.38. The molecule has 0 aliphatic heterocycles. The summed E-state index contributed by atoms with van der Waals surface area (Å²) in [7, 11) is 1.79. The third-order valence-corrected chi connectivity index (χ3v) is 2.49. The maximum atomic E-state index is 11.8. The number of nitrogens with zero attached hydrogens (tertiary/aromatic N) is 1. The van der Waals surface area contributed by atoms with Crippen molar-refractivity contribution in [3.8, 4) is 0 Å². The van der Waals surface area contributed by atoms with E-state index in [1.54, 1.807) is 11.9 Å².